The van der Waals surface area contributed by atoms with E-state index in [1.807, 2.05) is 30.3 Å². The van der Waals surface area contributed by atoms with Crippen LogP contribution in [0.15, 0.2) is 40.0 Å². The number of amides is 1. The third kappa shape index (κ3) is 4.24. The second kappa shape index (κ2) is 7.60. The predicted molar refractivity (Wildman–Crippen MR) is 96.3 cm³/mol. The van der Waals surface area contributed by atoms with Crippen molar-refractivity contribution >= 4 is 17.7 Å². The van der Waals surface area contributed by atoms with E-state index in [1.54, 1.807) is 0 Å². The lowest BCUT2D eigenvalue weighted by Crippen LogP contribution is -2.29. The molecule has 5 nitrogen and oxygen atoms in total. The first-order valence-electron chi connectivity index (χ1n) is 9.15. The van der Waals surface area contributed by atoms with Crippen molar-refractivity contribution in [3.05, 3.63) is 41.8 Å². The second-order valence-electron chi connectivity index (χ2n) is 6.93. The van der Waals surface area contributed by atoms with Gasteiger partial charge in [-0.1, -0.05) is 49.6 Å². The highest BCUT2D eigenvalue weighted by molar-refractivity contribution is 8.00. The van der Waals surface area contributed by atoms with E-state index in [2.05, 4.69) is 15.5 Å². The summed E-state index contributed by atoms with van der Waals surface area (Å²) >= 11 is 1.35. The van der Waals surface area contributed by atoms with Gasteiger partial charge in [0.15, 0.2) is 0 Å². The fraction of sp³-hybridized carbons (Fsp3) is 0.526. The average Bonchev–Trinajstić information content (AvgIpc) is 3.35. The van der Waals surface area contributed by atoms with Crippen molar-refractivity contribution in [2.24, 2.45) is 0 Å². The zero-order valence-electron chi connectivity index (χ0n) is 14.2. The molecule has 0 radical (unpaired) electrons. The Morgan fingerprint density at radius 2 is 1.84 bits per heavy atom. The minimum atomic E-state index is -0.360. The van der Waals surface area contributed by atoms with Gasteiger partial charge in [0.05, 0.1) is 0 Å². The molecule has 132 valence electrons. The summed E-state index contributed by atoms with van der Waals surface area (Å²) in [5, 5.41) is 11.7. The quantitative estimate of drug-likeness (QED) is 0.784. The zero-order chi connectivity index (χ0) is 17.1. The number of benzene rings is 1. The van der Waals surface area contributed by atoms with Gasteiger partial charge in [-0.2, -0.15) is 0 Å². The molecule has 6 heteroatoms. The van der Waals surface area contributed by atoms with Crippen LogP contribution in [-0.2, 0) is 4.79 Å². The highest BCUT2D eigenvalue weighted by atomic mass is 32.2. The third-order valence-corrected chi connectivity index (χ3v) is 5.95. The third-order valence-electron chi connectivity index (χ3n) is 4.86. The molecular formula is C19H23N3O2S. The van der Waals surface area contributed by atoms with E-state index < -0.39 is 0 Å². The summed E-state index contributed by atoms with van der Waals surface area (Å²) in [4.78, 5) is 12.7. The van der Waals surface area contributed by atoms with E-state index in [0.717, 1.165) is 37.1 Å². The summed E-state index contributed by atoms with van der Waals surface area (Å²) in [6.45, 7) is 0. The van der Waals surface area contributed by atoms with E-state index >= 15 is 0 Å². The van der Waals surface area contributed by atoms with Crippen molar-refractivity contribution in [1.82, 2.24) is 15.5 Å². The monoisotopic (exact) mass is 357 g/mol. The number of hydrogen-bond acceptors (Lipinski definition) is 5. The first-order valence-corrected chi connectivity index (χ1v) is 10.0. The van der Waals surface area contributed by atoms with Crippen molar-refractivity contribution in [1.29, 1.82) is 0 Å². The summed E-state index contributed by atoms with van der Waals surface area (Å²) in [5.41, 5.74) is 0.961. The Morgan fingerprint density at radius 1 is 1.08 bits per heavy atom. The molecule has 0 saturated heterocycles. The molecule has 0 bridgehead atoms. The standard InChI is InChI=1S/C19H23N3O2S/c23-17(20-15-11-12-15)16(13-7-3-1-4-8-13)25-19-22-21-18(24-19)14-9-5-2-6-10-14/h1,3-4,7-8,14-16H,2,5-6,9-12H2,(H,20,23)/t16-/m0/s1. The largest absolute Gasteiger partial charge is 0.416 e. The maximum absolute atomic E-state index is 12.7. The van der Waals surface area contributed by atoms with Gasteiger partial charge >= 0.3 is 0 Å². The van der Waals surface area contributed by atoms with Gasteiger partial charge < -0.3 is 9.73 Å². The molecule has 0 aliphatic heterocycles. The molecule has 1 amide bonds. The number of aromatic nitrogens is 2. The summed E-state index contributed by atoms with van der Waals surface area (Å²) in [6.07, 6.45) is 8.14. The van der Waals surface area contributed by atoms with E-state index in [4.69, 9.17) is 4.42 Å². The molecular weight excluding hydrogens is 334 g/mol. The number of rotatable bonds is 6. The topological polar surface area (TPSA) is 68.0 Å². The van der Waals surface area contributed by atoms with Crippen molar-refractivity contribution in [2.75, 3.05) is 0 Å². The number of nitrogens with zero attached hydrogens (tertiary/aromatic N) is 2. The summed E-state index contributed by atoms with van der Waals surface area (Å²) < 4.78 is 5.91. The second-order valence-corrected chi connectivity index (χ2v) is 7.99. The Balaban J connectivity index is 1.49. The van der Waals surface area contributed by atoms with Gasteiger partial charge in [-0.05, 0) is 43.0 Å². The normalized spacial score (nSPS) is 19.5. The van der Waals surface area contributed by atoms with Gasteiger partial charge in [0, 0.05) is 12.0 Å². The van der Waals surface area contributed by atoms with Crippen molar-refractivity contribution in [2.45, 2.75) is 67.4 Å². The molecule has 1 N–H and O–H groups in total. The van der Waals surface area contributed by atoms with Crippen LogP contribution in [0.2, 0.25) is 0 Å². The van der Waals surface area contributed by atoms with E-state index in [-0.39, 0.29) is 11.2 Å². The molecule has 2 aliphatic carbocycles. The van der Waals surface area contributed by atoms with Gasteiger partial charge in [-0.25, -0.2) is 0 Å². The Hall–Kier alpha value is -1.82. The number of nitrogens with one attached hydrogen (secondary N) is 1. The smallest absolute Gasteiger partial charge is 0.277 e. The summed E-state index contributed by atoms with van der Waals surface area (Å²) in [7, 11) is 0. The maximum atomic E-state index is 12.7. The van der Waals surface area contributed by atoms with Crippen molar-refractivity contribution in [3.8, 4) is 0 Å². The molecule has 1 aromatic heterocycles. The minimum Gasteiger partial charge on any atom is -0.416 e. The molecule has 2 fully saturated rings. The molecule has 1 aromatic carbocycles. The number of hydrogen-bond donors (Lipinski definition) is 1. The molecule has 0 unspecified atom stereocenters. The van der Waals surface area contributed by atoms with Crippen LogP contribution in [0.1, 0.15) is 67.6 Å². The molecule has 0 spiro atoms. The van der Waals surface area contributed by atoms with Crippen LogP contribution in [0.5, 0.6) is 0 Å². The van der Waals surface area contributed by atoms with Gasteiger partial charge in [-0.3, -0.25) is 4.79 Å². The summed E-state index contributed by atoms with van der Waals surface area (Å²) in [6, 6.07) is 10.1. The minimum absolute atomic E-state index is 0.0242. The van der Waals surface area contributed by atoms with Gasteiger partial charge in [0.25, 0.3) is 5.22 Å². The number of carbonyl (C=O) groups excluding carboxylic acids is 1. The molecule has 25 heavy (non-hydrogen) atoms. The molecule has 2 aliphatic rings. The van der Waals surface area contributed by atoms with Gasteiger partial charge in [-0.15, -0.1) is 10.2 Å². The summed E-state index contributed by atoms with van der Waals surface area (Å²) in [5.74, 6) is 1.14. The number of thioether (sulfide) groups is 1. The maximum Gasteiger partial charge on any atom is 0.277 e. The van der Waals surface area contributed by atoms with Crippen LogP contribution < -0.4 is 5.32 Å². The zero-order valence-corrected chi connectivity index (χ0v) is 15.0. The van der Waals surface area contributed by atoms with E-state index in [0.29, 0.717) is 17.2 Å². The SMILES string of the molecule is O=C(NC1CC1)[C@@H](Sc1nnc(C2CCCCC2)o1)c1ccccc1. The van der Waals surface area contributed by atoms with Gasteiger partial charge in [0.1, 0.15) is 5.25 Å². The first kappa shape index (κ1) is 16.6. The first-order chi connectivity index (χ1) is 12.3. The van der Waals surface area contributed by atoms with Crippen LogP contribution >= 0.6 is 11.8 Å². The van der Waals surface area contributed by atoms with Crippen LogP contribution in [-0.4, -0.2) is 22.1 Å². The van der Waals surface area contributed by atoms with Crippen LogP contribution in [0, 0.1) is 0 Å². The lowest BCUT2D eigenvalue weighted by atomic mass is 9.89. The lowest BCUT2D eigenvalue weighted by Gasteiger charge is -2.17. The van der Waals surface area contributed by atoms with Crippen LogP contribution in [0.4, 0.5) is 0 Å². The molecule has 4 rings (SSSR count). The average molecular weight is 357 g/mol. The fourth-order valence-corrected chi connectivity index (χ4v) is 4.18. The van der Waals surface area contributed by atoms with Gasteiger partial charge in [0.2, 0.25) is 11.8 Å². The van der Waals surface area contributed by atoms with E-state index in [1.165, 1.54) is 31.0 Å². The Labute approximate surface area is 152 Å². The van der Waals surface area contributed by atoms with Crippen LogP contribution in [0.25, 0.3) is 0 Å². The highest BCUT2D eigenvalue weighted by Crippen LogP contribution is 2.38. The molecule has 2 aromatic rings. The number of carbonyl (C=O) groups is 1. The molecule has 1 atom stereocenters. The van der Waals surface area contributed by atoms with Crippen molar-refractivity contribution in [3.63, 3.8) is 0 Å². The highest BCUT2D eigenvalue weighted by Gasteiger charge is 2.31. The lowest BCUT2D eigenvalue weighted by molar-refractivity contribution is -0.120. The van der Waals surface area contributed by atoms with E-state index in [9.17, 15) is 4.79 Å². The fourth-order valence-electron chi connectivity index (χ4n) is 3.29. The molecule has 2 saturated carbocycles. The molecule has 1 heterocycles. The predicted octanol–water partition coefficient (Wildman–Crippen LogP) is 4.23. The Kier molecular flexibility index (Phi) is 5.06. The van der Waals surface area contributed by atoms with Crippen LogP contribution in [0.3, 0.4) is 0 Å². The Bertz CT molecular complexity index is 708. The van der Waals surface area contributed by atoms with Crippen molar-refractivity contribution < 1.29 is 9.21 Å². The Morgan fingerprint density at radius 3 is 2.56 bits per heavy atom.